The van der Waals surface area contributed by atoms with Crippen LogP contribution in [0.4, 0.5) is 18.0 Å². The largest absolute Gasteiger partial charge is 0.406 e. The van der Waals surface area contributed by atoms with Crippen LogP contribution < -0.4 is 5.32 Å². The summed E-state index contributed by atoms with van der Waals surface area (Å²) in [6, 6.07) is -0.0477. The average Bonchev–Trinajstić information content (AvgIpc) is 2.78. The lowest BCUT2D eigenvalue weighted by molar-refractivity contribution is -0.157. The highest BCUT2D eigenvalue weighted by Gasteiger charge is 2.42. The molecular formula is C15H24F3N3O2. The molecule has 2 aliphatic rings. The van der Waals surface area contributed by atoms with Crippen molar-refractivity contribution in [3.05, 3.63) is 0 Å². The first-order valence-electron chi connectivity index (χ1n) is 8.06. The zero-order valence-electron chi connectivity index (χ0n) is 13.5. The normalized spacial score (nSPS) is 27.5. The number of amides is 3. The lowest BCUT2D eigenvalue weighted by Gasteiger charge is -2.33. The second kappa shape index (κ2) is 6.97. The summed E-state index contributed by atoms with van der Waals surface area (Å²) in [5.41, 5.74) is 0. The molecule has 5 nitrogen and oxygen atoms in total. The van der Waals surface area contributed by atoms with E-state index in [2.05, 4.69) is 5.32 Å². The summed E-state index contributed by atoms with van der Waals surface area (Å²) in [6.07, 6.45) is 0.874. The lowest BCUT2D eigenvalue weighted by atomic mass is 9.85. The summed E-state index contributed by atoms with van der Waals surface area (Å²) in [5.74, 6) is -0.240. The molecule has 1 saturated heterocycles. The van der Waals surface area contributed by atoms with Crippen LogP contribution in [0.1, 0.15) is 39.0 Å². The van der Waals surface area contributed by atoms with Gasteiger partial charge >= 0.3 is 12.2 Å². The van der Waals surface area contributed by atoms with Crippen LogP contribution in [0.3, 0.4) is 0 Å². The minimum absolute atomic E-state index is 0.103. The van der Waals surface area contributed by atoms with Gasteiger partial charge in [-0.2, -0.15) is 13.2 Å². The summed E-state index contributed by atoms with van der Waals surface area (Å²) < 4.78 is 36.8. The number of hydrogen-bond donors (Lipinski definition) is 1. The molecule has 0 radical (unpaired) electrons. The fourth-order valence-electron chi connectivity index (χ4n) is 3.79. The van der Waals surface area contributed by atoms with Crippen molar-refractivity contribution in [2.75, 3.05) is 20.1 Å². The Morgan fingerprint density at radius 2 is 1.91 bits per heavy atom. The van der Waals surface area contributed by atoms with Crippen LogP contribution in [0.5, 0.6) is 0 Å². The number of urea groups is 1. The van der Waals surface area contributed by atoms with Crippen molar-refractivity contribution in [2.45, 2.75) is 57.3 Å². The fraction of sp³-hybridized carbons (Fsp3) is 0.867. The summed E-state index contributed by atoms with van der Waals surface area (Å²) in [4.78, 5) is 26.4. The molecule has 0 aromatic carbocycles. The summed E-state index contributed by atoms with van der Waals surface area (Å²) in [6.45, 7) is 0.258. The topological polar surface area (TPSA) is 52.7 Å². The summed E-state index contributed by atoms with van der Waals surface area (Å²) >= 11 is 0. The molecule has 132 valence electrons. The number of likely N-dealkylation sites (tertiary alicyclic amines) is 1. The first-order chi connectivity index (χ1) is 10.7. The Morgan fingerprint density at radius 3 is 2.57 bits per heavy atom. The van der Waals surface area contributed by atoms with E-state index in [1.807, 2.05) is 6.92 Å². The van der Waals surface area contributed by atoms with E-state index in [4.69, 9.17) is 0 Å². The fourth-order valence-corrected chi connectivity index (χ4v) is 3.79. The van der Waals surface area contributed by atoms with E-state index in [0.29, 0.717) is 10.8 Å². The van der Waals surface area contributed by atoms with Gasteiger partial charge in [-0.15, -0.1) is 0 Å². The summed E-state index contributed by atoms with van der Waals surface area (Å²) in [5, 5.41) is 2.48. The maximum Gasteiger partial charge on any atom is 0.406 e. The van der Waals surface area contributed by atoms with Gasteiger partial charge in [-0.1, -0.05) is 12.8 Å². The SMILES string of the molecule is CC1CC2CCCCC2N1C(=O)NCC(=O)N(C)CC(F)(F)F. The van der Waals surface area contributed by atoms with E-state index >= 15 is 0 Å². The molecule has 0 aromatic heterocycles. The van der Waals surface area contributed by atoms with Gasteiger partial charge in [0.05, 0.1) is 6.54 Å². The smallest absolute Gasteiger partial charge is 0.335 e. The van der Waals surface area contributed by atoms with Gasteiger partial charge in [-0.3, -0.25) is 4.79 Å². The third-order valence-corrected chi connectivity index (χ3v) is 4.81. The number of rotatable bonds is 3. The molecule has 1 aliphatic heterocycles. The number of nitrogens with zero attached hydrogens (tertiary/aromatic N) is 2. The molecule has 23 heavy (non-hydrogen) atoms. The monoisotopic (exact) mass is 335 g/mol. The van der Waals surface area contributed by atoms with Gasteiger partial charge in [0.1, 0.15) is 6.54 Å². The molecule has 0 bridgehead atoms. The Balaban J connectivity index is 1.85. The molecule has 1 aliphatic carbocycles. The van der Waals surface area contributed by atoms with Gasteiger partial charge in [0.25, 0.3) is 0 Å². The van der Waals surface area contributed by atoms with E-state index < -0.39 is 25.2 Å². The Hall–Kier alpha value is -1.47. The number of likely N-dealkylation sites (N-methyl/N-ethyl adjacent to an activating group) is 1. The van der Waals surface area contributed by atoms with Gasteiger partial charge in [0, 0.05) is 19.1 Å². The molecule has 3 atom stereocenters. The number of carbonyl (C=O) groups excluding carboxylic acids is 2. The number of hydrogen-bond acceptors (Lipinski definition) is 2. The first-order valence-corrected chi connectivity index (χ1v) is 8.06. The van der Waals surface area contributed by atoms with E-state index in [0.717, 1.165) is 32.7 Å². The van der Waals surface area contributed by atoms with Crippen molar-refractivity contribution >= 4 is 11.9 Å². The standard InChI is InChI=1S/C15H24F3N3O2/c1-10-7-11-5-3-4-6-12(11)21(10)14(23)19-8-13(22)20(2)9-15(16,17)18/h10-12H,3-9H2,1-2H3,(H,19,23). The van der Waals surface area contributed by atoms with E-state index in [1.165, 1.54) is 6.42 Å². The van der Waals surface area contributed by atoms with Gasteiger partial charge in [0.2, 0.25) is 5.91 Å². The van der Waals surface area contributed by atoms with Gasteiger partial charge in [-0.25, -0.2) is 4.79 Å². The highest BCUT2D eigenvalue weighted by Crippen LogP contribution is 2.39. The van der Waals surface area contributed by atoms with Gasteiger partial charge in [-0.05, 0) is 32.1 Å². The Morgan fingerprint density at radius 1 is 1.26 bits per heavy atom. The Kier molecular flexibility index (Phi) is 5.41. The molecule has 0 aromatic rings. The summed E-state index contributed by atoms with van der Waals surface area (Å²) in [7, 11) is 1.08. The molecule has 3 unspecified atom stereocenters. The van der Waals surface area contributed by atoms with Crippen LogP contribution in [0.25, 0.3) is 0 Å². The molecule has 2 rings (SSSR count). The zero-order valence-corrected chi connectivity index (χ0v) is 13.5. The van der Waals surface area contributed by atoms with Gasteiger partial charge < -0.3 is 15.1 Å². The second-order valence-corrected chi connectivity index (χ2v) is 6.63. The number of fused-ring (bicyclic) bond motifs is 1. The van der Waals surface area contributed by atoms with Crippen LogP contribution in [-0.4, -0.2) is 60.1 Å². The third-order valence-electron chi connectivity index (χ3n) is 4.81. The molecule has 2 fully saturated rings. The number of alkyl halides is 3. The van der Waals surface area contributed by atoms with Crippen LogP contribution in [0.15, 0.2) is 0 Å². The molecule has 8 heteroatoms. The van der Waals surface area contributed by atoms with Gasteiger partial charge in [0.15, 0.2) is 0 Å². The molecule has 1 N–H and O–H groups in total. The predicted molar refractivity (Wildman–Crippen MR) is 78.8 cm³/mol. The third kappa shape index (κ3) is 4.51. The van der Waals surface area contributed by atoms with Crippen molar-refractivity contribution < 1.29 is 22.8 Å². The highest BCUT2D eigenvalue weighted by atomic mass is 19.4. The van der Waals surface area contributed by atoms with E-state index in [-0.39, 0.29) is 18.1 Å². The first kappa shape index (κ1) is 17.9. The minimum Gasteiger partial charge on any atom is -0.335 e. The molecule has 0 spiro atoms. The molecular weight excluding hydrogens is 311 g/mol. The van der Waals surface area contributed by atoms with Crippen molar-refractivity contribution in [3.63, 3.8) is 0 Å². The zero-order chi connectivity index (χ0) is 17.2. The van der Waals surface area contributed by atoms with Crippen LogP contribution >= 0.6 is 0 Å². The predicted octanol–water partition coefficient (Wildman–Crippen LogP) is 2.37. The Bertz CT molecular complexity index is 456. The van der Waals surface area contributed by atoms with Crippen molar-refractivity contribution in [1.82, 2.24) is 15.1 Å². The van der Waals surface area contributed by atoms with Crippen molar-refractivity contribution in [2.24, 2.45) is 5.92 Å². The van der Waals surface area contributed by atoms with E-state index in [1.54, 1.807) is 4.90 Å². The minimum atomic E-state index is -4.44. The lowest BCUT2D eigenvalue weighted by Crippen LogP contribution is -2.50. The number of nitrogens with one attached hydrogen (secondary N) is 1. The molecule has 1 heterocycles. The Labute approximate surface area is 134 Å². The second-order valence-electron chi connectivity index (χ2n) is 6.63. The van der Waals surface area contributed by atoms with E-state index in [9.17, 15) is 22.8 Å². The highest BCUT2D eigenvalue weighted by molar-refractivity contribution is 5.84. The maximum atomic E-state index is 12.3. The van der Waals surface area contributed by atoms with Crippen molar-refractivity contribution in [1.29, 1.82) is 0 Å². The van der Waals surface area contributed by atoms with Crippen LogP contribution in [-0.2, 0) is 4.79 Å². The maximum absolute atomic E-state index is 12.3. The molecule has 3 amide bonds. The van der Waals surface area contributed by atoms with Crippen LogP contribution in [0, 0.1) is 5.92 Å². The quantitative estimate of drug-likeness (QED) is 0.861. The number of halogens is 3. The van der Waals surface area contributed by atoms with Crippen LogP contribution in [0.2, 0.25) is 0 Å². The van der Waals surface area contributed by atoms with Crippen molar-refractivity contribution in [3.8, 4) is 0 Å². The molecule has 1 saturated carbocycles. The average molecular weight is 335 g/mol. The number of carbonyl (C=O) groups is 2.